The van der Waals surface area contributed by atoms with E-state index in [9.17, 15) is 13.8 Å². The maximum absolute atomic E-state index is 12.2. The van der Waals surface area contributed by atoms with Crippen molar-refractivity contribution < 1.29 is 18.9 Å². The van der Waals surface area contributed by atoms with Gasteiger partial charge in [0.05, 0.1) is 5.75 Å². The number of amides is 1. The lowest BCUT2D eigenvalue weighted by atomic mass is 10.0. The molecule has 0 saturated carbocycles. The minimum absolute atomic E-state index is 0.0573. The third-order valence-electron chi connectivity index (χ3n) is 3.21. The summed E-state index contributed by atoms with van der Waals surface area (Å²) in [7, 11) is -1.29. The van der Waals surface area contributed by atoms with Crippen molar-refractivity contribution in [2.45, 2.75) is 23.8 Å². The van der Waals surface area contributed by atoms with Crippen LogP contribution in [0.1, 0.15) is 18.4 Å². The molecule has 1 amide bonds. The Balaban J connectivity index is 1.96. The highest BCUT2D eigenvalue weighted by Crippen LogP contribution is 2.39. The molecule has 2 rings (SSSR count). The van der Waals surface area contributed by atoms with Crippen molar-refractivity contribution in [2.24, 2.45) is 0 Å². The van der Waals surface area contributed by atoms with Gasteiger partial charge in [0, 0.05) is 40.0 Å². The summed E-state index contributed by atoms with van der Waals surface area (Å²) in [6.45, 7) is 1.25. The van der Waals surface area contributed by atoms with E-state index < -0.39 is 28.7 Å². The monoisotopic (exact) mass is 327 g/mol. The molecule has 2 N–H and O–H groups in total. The van der Waals surface area contributed by atoms with E-state index in [1.54, 1.807) is 11.8 Å². The van der Waals surface area contributed by atoms with Crippen LogP contribution in [0.25, 0.3) is 0 Å². The average molecular weight is 327 g/mol. The highest BCUT2D eigenvalue weighted by atomic mass is 32.2. The van der Waals surface area contributed by atoms with Gasteiger partial charge in [-0.25, -0.2) is 4.79 Å². The Morgan fingerprint density at radius 3 is 2.86 bits per heavy atom. The second kappa shape index (κ2) is 7.09. The van der Waals surface area contributed by atoms with Crippen LogP contribution in [0, 0.1) is 0 Å². The summed E-state index contributed by atoms with van der Waals surface area (Å²) in [5.41, 5.74) is 1.18. The van der Waals surface area contributed by atoms with Gasteiger partial charge in [0.2, 0.25) is 5.91 Å². The van der Waals surface area contributed by atoms with E-state index in [0.717, 1.165) is 5.75 Å². The van der Waals surface area contributed by atoms with Gasteiger partial charge in [-0.3, -0.25) is 9.00 Å². The van der Waals surface area contributed by atoms with E-state index in [1.165, 1.54) is 17.4 Å². The van der Waals surface area contributed by atoms with E-state index in [2.05, 4.69) is 5.32 Å². The van der Waals surface area contributed by atoms with E-state index in [4.69, 9.17) is 5.11 Å². The van der Waals surface area contributed by atoms with Crippen LogP contribution in [0.5, 0.6) is 0 Å². The minimum atomic E-state index is -1.29. The highest BCUT2D eigenvalue weighted by Gasteiger charge is 2.27. The minimum Gasteiger partial charge on any atom is -0.480 e. The number of benzene rings is 1. The molecular formula is C14H17NO4S2. The molecule has 114 valence electrons. The van der Waals surface area contributed by atoms with E-state index in [-0.39, 0.29) is 11.7 Å². The first-order chi connectivity index (χ1) is 9.97. The highest BCUT2D eigenvalue weighted by molar-refractivity contribution is 7.99. The number of hydrogen-bond acceptors (Lipinski definition) is 4. The topological polar surface area (TPSA) is 83.5 Å². The molecule has 0 radical (unpaired) electrons. The Hall–Kier alpha value is -1.34. The SMILES string of the molecule is CC(=O)NC(CS(=O)CC1CSc2ccccc21)C(=O)O. The number of carboxylic acid groups (broad SMARTS) is 1. The summed E-state index contributed by atoms with van der Waals surface area (Å²) in [6.07, 6.45) is 0. The van der Waals surface area contributed by atoms with Crippen molar-refractivity contribution >= 4 is 34.4 Å². The Kier molecular flexibility index (Phi) is 5.41. The lowest BCUT2D eigenvalue weighted by Gasteiger charge is -2.15. The lowest BCUT2D eigenvalue weighted by Crippen LogP contribution is -2.43. The third-order valence-corrected chi connectivity index (χ3v) is 5.95. The molecule has 5 nitrogen and oxygen atoms in total. The molecule has 0 fully saturated rings. The molecule has 7 heteroatoms. The van der Waals surface area contributed by atoms with Crippen LogP contribution in [0.2, 0.25) is 0 Å². The van der Waals surface area contributed by atoms with Crippen LogP contribution in [0.4, 0.5) is 0 Å². The number of hydrogen-bond donors (Lipinski definition) is 2. The van der Waals surface area contributed by atoms with Gasteiger partial charge in [-0.2, -0.15) is 0 Å². The first kappa shape index (κ1) is 16.0. The van der Waals surface area contributed by atoms with E-state index >= 15 is 0 Å². The molecule has 1 aliphatic rings. The largest absolute Gasteiger partial charge is 0.480 e. The van der Waals surface area contributed by atoms with Gasteiger partial charge in [-0.1, -0.05) is 18.2 Å². The number of carbonyl (C=O) groups excluding carboxylic acids is 1. The summed E-state index contributed by atoms with van der Waals surface area (Å²) in [5.74, 6) is -0.172. The molecule has 1 aliphatic heterocycles. The summed E-state index contributed by atoms with van der Waals surface area (Å²) in [6, 6.07) is 6.91. The fourth-order valence-electron chi connectivity index (χ4n) is 2.27. The first-order valence-corrected chi connectivity index (χ1v) is 9.01. The molecule has 3 atom stereocenters. The van der Waals surface area contributed by atoms with Crippen molar-refractivity contribution in [1.29, 1.82) is 0 Å². The van der Waals surface area contributed by atoms with Crippen molar-refractivity contribution in [1.82, 2.24) is 5.32 Å². The van der Waals surface area contributed by atoms with Crippen LogP contribution in [-0.2, 0) is 20.4 Å². The van der Waals surface area contributed by atoms with Gasteiger partial charge in [-0.15, -0.1) is 11.8 Å². The zero-order chi connectivity index (χ0) is 15.4. The third kappa shape index (κ3) is 4.31. The number of thioether (sulfide) groups is 1. The van der Waals surface area contributed by atoms with Gasteiger partial charge in [0.1, 0.15) is 6.04 Å². The van der Waals surface area contributed by atoms with Crippen molar-refractivity contribution in [3.8, 4) is 0 Å². The first-order valence-electron chi connectivity index (χ1n) is 6.54. The van der Waals surface area contributed by atoms with Crippen LogP contribution in [0.3, 0.4) is 0 Å². The Bertz CT molecular complexity index is 576. The van der Waals surface area contributed by atoms with E-state index in [1.807, 2.05) is 24.3 Å². The summed E-state index contributed by atoms with van der Waals surface area (Å²) in [4.78, 5) is 23.2. The van der Waals surface area contributed by atoms with Crippen molar-refractivity contribution in [2.75, 3.05) is 17.3 Å². The maximum atomic E-state index is 12.2. The fraction of sp³-hybridized carbons (Fsp3) is 0.429. The number of carbonyl (C=O) groups is 2. The number of nitrogens with one attached hydrogen (secondary N) is 1. The molecule has 1 heterocycles. The number of fused-ring (bicyclic) bond motifs is 1. The quantitative estimate of drug-likeness (QED) is 0.821. The lowest BCUT2D eigenvalue weighted by molar-refractivity contribution is -0.140. The van der Waals surface area contributed by atoms with Gasteiger partial charge in [0.25, 0.3) is 0 Å². The molecule has 21 heavy (non-hydrogen) atoms. The second-order valence-corrected chi connectivity index (χ2v) is 7.52. The predicted octanol–water partition coefficient (Wildman–Crippen LogP) is 1.21. The van der Waals surface area contributed by atoms with Gasteiger partial charge in [-0.05, 0) is 11.6 Å². The number of carboxylic acids is 1. The summed E-state index contributed by atoms with van der Waals surface area (Å²) in [5, 5.41) is 11.4. The average Bonchev–Trinajstić information content (AvgIpc) is 2.81. The Morgan fingerprint density at radius 2 is 2.19 bits per heavy atom. The van der Waals surface area contributed by atoms with Crippen LogP contribution in [-0.4, -0.2) is 44.5 Å². The van der Waals surface area contributed by atoms with Gasteiger partial charge in [0.15, 0.2) is 0 Å². The molecule has 0 saturated heterocycles. The maximum Gasteiger partial charge on any atom is 0.327 e. The van der Waals surface area contributed by atoms with Crippen LogP contribution >= 0.6 is 11.8 Å². The summed E-state index contributed by atoms with van der Waals surface area (Å²) < 4.78 is 12.2. The molecule has 3 unspecified atom stereocenters. The molecule has 0 spiro atoms. The zero-order valence-electron chi connectivity index (χ0n) is 11.6. The standard InChI is InChI=1S/C14H17NO4S2/c1-9(16)15-12(14(17)18)8-21(19)7-10-6-20-13-5-3-2-4-11(10)13/h2-5,10,12H,6-8H2,1H3,(H,15,16)(H,17,18). The van der Waals surface area contributed by atoms with Crippen LogP contribution in [0.15, 0.2) is 29.2 Å². The number of rotatable bonds is 6. The number of aliphatic carboxylic acids is 1. The molecule has 0 bridgehead atoms. The van der Waals surface area contributed by atoms with E-state index in [0.29, 0.717) is 5.75 Å². The normalized spacial score (nSPS) is 19.6. The van der Waals surface area contributed by atoms with Gasteiger partial charge < -0.3 is 10.4 Å². The van der Waals surface area contributed by atoms with Crippen molar-refractivity contribution in [3.63, 3.8) is 0 Å². The molecule has 1 aromatic carbocycles. The van der Waals surface area contributed by atoms with Crippen molar-refractivity contribution in [3.05, 3.63) is 29.8 Å². The Labute approximate surface area is 130 Å². The fourth-order valence-corrected chi connectivity index (χ4v) is 5.15. The zero-order valence-corrected chi connectivity index (χ0v) is 13.2. The molecule has 1 aromatic rings. The predicted molar refractivity (Wildman–Crippen MR) is 83.0 cm³/mol. The molecule has 0 aromatic heterocycles. The second-order valence-electron chi connectivity index (χ2n) is 4.91. The smallest absolute Gasteiger partial charge is 0.327 e. The molecule has 0 aliphatic carbocycles. The van der Waals surface area contributed by atoms with Gasteiger partial charge >= 0.3 is 5.97 Å². The van der Waals surface area contributed by atoms with Crippen LogP contribution < -0.4 is 5.32 Å². The summed E-state index contributed by atoms with van der Waals surface area (Å²) >= 11 is 1.73. The Morgan fingerprint density at radius 1 is 1.48 bits per heavy atom. The molecular weight excluding hydrogens is 310 g/mol.